The summed E-state index contributed by atoms with van der Waals surface area (Å²) in [5, 5.41) is 7.40. The number of carbonyl (C=O) groups is 1. The van der Waals surface area contributed by atoms with Crippen LogP contribution < -0.4 is 10.1 Å². The first-order valence-corrected chi connectivity index (χ1v) is 9.06. The molecule has 1 amide bonds. The van der Waals surface area contributed by atoms with Crippen molar-refractivity contribution in [2.24, 2.45) is 7.05 Å². The number of aromatic nitrogens is 3. The largest absolute Gasteiger partial charge is 0.479 e. The molecule has 0 fully saturated rings. The molecule has 0 radical (unpaired) electrons. The second-order valence-electron chi connectivity index (χ2n) is 6.87. The monoisotopic (exact) mass is 424 g/mol. The Kier molecular flexibility index (Phi) is 5.69. The molecule has 0 atom stereocenters. The molecule has 0 saturated heterocycles. The van der Waals surface area contributed by atoms with Crippen LogP contribution in [0.2, 0.25) is 0 Å². The minimum Gasteiger partial charge on any atom is -0.479 e. The number of hydrogen-bond donors (Lipinski definition) is 1. The highest BCUT2D eigenvalue weighted by molar-refractivity contribution is 5.91. The van der Waals surface area contributed by atoms with E-state index in [0.29, 0.717) is 30.1 Å². The number of benzene rings is 1. The van der Waals surface area contributed by atoms with E-state index in [2.05, 4.69) is 15.4 Å². The fourth-order valence-corrected chi connectivity index (χ4v) is 3.39. The van der Waals surface area contributed by atoms with Crippen LogP contribution in [0.15, 0.2) is 18.2 Å². The zero-order valence-electron chi connectivity index (χ0n) is 16.8. The molecule has 3 aromatic rings. The minimum atomic E-state index is -4.84. The fourth-order valence-electron chi connectivity index (χ4n) is 3.39. The quantitative estimate of drug-likeness (QED) is 0.620. The number of nitrogens with one attached hydrogen (secondary N) is 1. The van der Waals surface area contributed by atoms with Gasteiger partial charge in [0.15, 0.2) is 5.65 Å². The number of carbonyl (C=O) groups excluding carboxylic acids is 1. The van der Waals surface area contributed by atoms with Gasteiger partial charge in [0, 0.05) is 24.8 Å². The van der Waals surface area contributed by atoms with Gasteiger partial charge in [0.2, 0.25) is 11.8 Å². The molecular weight excluding hydrogens is 404 g/mol. The van der Waals surface area contributed by atoms with Gasteiger partial charge in [-0.05, 0) is 49.6 Å². The lowest BCUT2D eigenvalue weighted by Gasteiger charge is -2.13. The van der Waals surface area contributed by atoms with Crippen molar-refractivity contribution in [2.75, 3.05) is 12.4 Å². The maximum absolute atomic E-state index is 13.4. The van der Waals surface area contributed by atoms with Crippen LogP contribution in [0.1, 0.15) is 28.8 Å². The first-order valence-electron chi connectivity index (χ1n) is 9.06. The molecular formula is C20H20F4N4O2. The number of alkyl halides is 3. The van der Waals surface area contributed by atoms with Crippen LogP contribution in [-0.4, -0.2) is 27.8 Å². The van der Waals surface area contributed by atoms with E-state index in [1.807, 2.05) is 13.8 Å². The Labute approximate surface area is 169 Å². The molecule has 10 heteroatoms. The SMILES string of the molecule is COc1nn(C)c2nc(C)c(CCC(=O)Nc3ccc(F)c(C(F)(F)F)c3)c(C)c12. The summed E-state index contributed by atoms with van der Waals surface area (Å²) >= 11 is 0. The Hall–Kier alpha value is -3.17. The number of aryl methyl sites for hydroxylation is 3. The highest BCUT2D eigenvalue weighted by atomic mass is 19.4. The molecule has 0 saturated carbocycles. The van der Waals surface area contributed by atoms with Gasteiger partial charge in [-0.25, -0.2) is 14.1 Å². The van der Waals surface area contributed by atoms with Gasteiger partial charge in [-0.3, -0.25) is 4.79 Å². The Morgan fingerprint density at radius 1 is 1.27 bits per heavy atom. The van der Waals surface area contributed by atoms with Crippen LogP contribution in [0, 0.1) is 19.7 Å². The molecule has 1 N–H and O–H groups in total. The van der Waals surface area contributed by atoms with E-state index in [1.54, 1.807) is 11.7 Å². The molecule has 0 aliphatic heterocycles. The zero-order valence-corrected chi connectivity index (χ0v) is 16.8. The van der Waals surface area contributed by atoms with Crippen molar-refractivity contribution in [3.05, 3.63) is 46.4 Å². The van der Waals surface area contributed by atoms with Gasteiger partial charge in [0.1, 0.15) is 5.82 Å². The van der Waals surface area contributed by atoms with Crippen LogP contribution in [0.3, 0.4) is 0 Å². The van der Waals surface area contributed by atoms with E-state index < -0.39 is 23.5 Å². The lowest BCUT2D eigenvalue weighted by Crippen LogP contribution is -2.15. The van der Waals surface area contributed by atoms with Gasteiger partial charge in [-0.1, -0.05) is 0 Å². The lowest BCUT2D eigenvalue weighted by molar-refractivity contribution is -0.140. The van der Waals surface area contributed by atoms with Crippen molar-refractivity contribution in [3.8, 4) is 5.88 Å². The number of amides is 1. The average Bonchev–Trinajstić information content (AvgIpc) is 2.98. The molecule has 160 valence electrons. The zero-order chi connectivity index (χ0) is 22.2. The number of halogens is 4. The summed E-state index contributed by atoms with van der Waals surface area (Å²) in [5.74, 6) is -1.46. The van der Waals surface area contributed by atoms with Crippen molar-refractivity contribution >= 4 is 22.6 Å². The third-order valence-electron chi connectivity index (χ3n) is 4.87. The second kappa shape index (κ2) is 7.92. The molecule has 6 nitrogen and oxygen atoms in total. The first kappa shape index (κ1) is 21.5. The summed E-state index contributed by atoms with van der Waals surface area (Å²) in [6.45, 7) is 3.69. The number of fused-ring (bicyclic) bond motifs is 1. The Morgan fingerprint density at radius 2 is 1.97 bits per heavy atom. The van der Waals surface area contributed by atoms with Crippen LogP contribution in [0.25, 0.3) is 11.0 Å². The van der Waals surface area contributed by atoms with Gasteiger partial charge >= 0.3 is 6.18 Å². The maximum Gasteiger partial charge on any atom is 0.419 e. The third-order valence-corrected chi connectivity index (χ3v) is 4.87. The van der Waals surface area contributed by atoms with Gasteiger partial charge in [0.25, 0.3) is 0 Å². The average molecular weight is 424 g/mol. The number of hydrogen-bond acceptors (Lipinski definition) is 4. The fraction of sp³-hybridized carbons (Fsp3) is 0.350. The van der Waals surface area contributed by atoms with E-state index in [9.17, 15) is 22.4 Å². The van der Waals surface area contributed by atoms with Gasteiger partial charge in [0.05, 0.1) is 18.1 Å². The molecule has 2 heterocycles. The van der Waals surface area contributed by atoms with Crippen LogP contribution in [0.4, 0.5) is 23.2 Å². The molecule has 30 heavy (non-hydrogen) atoms. The van der Waals surface area contributed by atoms with E-state index in [0.717, 1.165) is 28.3 Å². The maximum atomic E-state index is 13.4. The smallest absolute Gasteiger partial charge is 0.419 e. The Balaban J connectivity index is 1.79. The highest BCUT2D eigenvalue weighted by Gasteiger charge is 2.34. The molecule has 3 rings (SSSR count). The summed E-state index contributed by atoms with van der Waals surface area (Å²) in [4.78, 5) is 16.8. The number of pyridine rings is 1. The van der Waals surface area contributed by atoms with Crippen molar-refractivity contribution in [2.45, 2.75) is 32.9 Å². The van der Waals surface area contributed by atoms with Crippen LogP contribution in [-0.2, 0) is 24.4 Å². The van der Waals surface area contributed by atoms with Gasteiger partial charge < -0.3 is 10.1 Å². The normalized spacial score (nSPS) is 11.7. The molecule has 0 aliphatic carbocycles. The Bertz CT molecular complexity index is 1120. The summed E-state index contributed by atoms with van der Waals surface area (Å²) in [5.41, 5.74) is 1.53. The summed E-state index contributed by atoms with van der Waals surface area (Å²) in [7, 11) is 3.26. The number of rotatable bonds is 5. The number of methoxy groups -OCH3 is 1. The first-order chi connectivity index (χ1) is 14.0. The van der Waals surface area contributed by atoms with Crippen molar-refractivity contribution in [3.63, 3.8) is 0 Å². The van der Waals surface area contributed by atoms with E-state index in [4.69, 9.17) is 4.74 Å². The van der Waals surface area contributed by atoms with E-state index in [1.165, 1.54) is 7.11 Å². The predicted molar refractivity (Wildman–Crippen MR) is 103 cm³/mol. The number of anilines is 1. The third kappa shape index (κ3) is 4.07. The number of ether oxygens (including phenoxy) is 1. The molecule has 0 unspecified atom stereocenters. The molecule has 0 spiro atoms. The summed E-state index contributed by atoms with van der Waals surface area (Å²) in [6, 6.07) is 2.35. The molecule has 0 aliphatic rings. The highest BCUT2D eigenvalue weighted by Crippen LogP contribution is 2.33. The second-order valence-corrected chi connectivity index (χ2v) is 6.87. The van der Waals surface area contributed by atoms with Crippen molar-refractivity contribution in [1.29, 1.82) is 0 Å². The van der Waals surface area contributed by atoms with E-state index >= 15 is 0 Å². The van der Waals surface area contributed by atoms with Crippen molar-refractivity contribution in [1.82, 2.24) is 14.8 Å². The predicted octanol–water partition coefficient (Wildman–Crippen LogP) is 4.32. The van der Waals surface area contributed by atoms with Crippen LogP contribution >= 0.6 is 0 Å². The topological polar surface area (TPSA) is 69.0 Å². The summed E-state index contributed by atoms with van der Waals surface area (Å²) < 4.78 is 58.8. The minimum absolute atomic E-state index is 0.0101. The standard InChI is InChI=1S/C20H20F4N4O2/c1-10-13(11(2)25-18-17(10)19(30-4)27-28(18)3)6-8-16(29)26-12-5-7-15(21)14(9-12)20(22,23)24/h5,7,9H,6,8H2,1-4H3,(H,26,29). The lowest BCUT2D eigenvalue weighted by atomic mass is 10.00. The van der Waals surface area contributed by atoms with Gasteiger partial charge in [-0.15, -0.1) is 5.10 Å². The molecule has 1 aromatic carbocycles. The summed E-state index contributed by atoms with van der Waals surface area (Å²) in [6.07, 6.45) is -4.52. The van der Waals surface area contributed by atoms with E-state index in [-0.39, 0.29) is 12.1 Å². The Morgan fingerprint density at radius 3 is 2.60 bits per heavy atom. The molecule has 0 bridgehead atoms. The molecule has 2 aromatic heterocycles. The van der Waals surface area contributed by atoms with Gasteiger partial charge in [-0.2, -0.15) is 13.2 Å². The van der Waals surface area contributed by atoms with Crippen LogP contribution in [0.5, 0.6) is 5.88 Å². The number of nitrogens with zero attached hydrogens (tertiary/aromatic N) is 3. The van der Waals surface area contributed by atoms with Crippen molar-refractivity contribution < 1.29 is 27.1 Å².